The van der Waals surface area contributed by atoms with E-state index in [9.17, 15) is 4.79 Å². The Hall–Kier alpha value is -1.90. The lowest BCUT2D eigenvalue weighted by Gasteiger charge is -2.18. The van der Waals surface area contributed by atoms with Crippen LogP contribution >= 0.6 is 0 Å². The lowest BCUT2D eigenvalue weighted by molar-refractivity contribution is -0.141. The van der Waals surface area contributed by atoms with E-state index in [2.05, 4.69) is 4.98 Å². The maximum Gasteiger partial charge on any atom is 0.306 e. The number of nitrogens with zero attached hydrogens (tertiary/aromatic N) is 1. The fraction of sp³-hybridized carbons (Fsp3) is 0.286. The molecule has 1 aromatic carbocycles. The van der Waals surface area contributed by atoms with Gasteiger partial charge in [0, 0.05) is 17.8 Å². The van der Waals surface area contributed by atoms with E-state index in [0.717, 1.165) is 16.3 Å². The predicted molar refractivity (Wildman–Crippen MR) is 67.0 cm³/mol. The first-order valence-corrected chi connectivity index (χ1v) is 5.66. The molecule has 2 aromatic rings. The van der Waals surface area contributed by atoms with Gasteiger partial charge in [0.1, 0.15) is 0 Å². The average Bonchev–Trinajstić information content (AvgIpc) is 2.36. The van der Waals surface area contributed by atoms with E-state index < -0.39 is 11.9 Å². The monoisotopic (exact) mass is 229 g/mol. The quantitative estimate of drug-likeness (QED) is 0.880. The number of carboxylic acids is 1. The van der Waals surface area contributed by atoms with Crippen molar-refractivity contribution in [2.75, 3.05) is 0 Å². The Balaban J connectivity index is 2.52. The van der Waals surface area contributed by atoms with E-state index in [1.807, 2.05) is 31.2 Å². The Morgan fingerprint density at radius 1 is 1.29 bits per heavy atom. The van der Waals surface area contributed by atoms with Crippen molar-refractivity contribution in [2.24, 2.45) is 5.92 Å². The van der Waals surface area contributed by atoms with Crippen molar-refractivity contribution in [1.82, 2.24) is 4.98 Å². The summed E-state index contributed by atoms with van der Waals surface area (Å²) < 4.78 is 0. The second-order valence-electron chi connectivity index (χ2n) is 4.36. The lowest BCUT2D eigenvalue weighted by atomic mass is 9.86. The molecule has 0 saturated carbocycles. The van der Waals surface area contributed by atoms with Crippen molar-refractivity contribution in [3.8, 4) is 0 Å². The number of benzene rings is 1. The zero-order valence-electron chi connectivity index (χ0n) is 9.92. The number of fused-ring (bicyclic) bond motifs is 1. The van der Waals surface area contributed by atoms with Crippen LogP contribution in [-0.2, 0) is 4.79 Å². The first-order valence-electron chi connectivity index (χ1n) is 5.66. The van der Waals surface area contributed by atoms with E-state index in [4.69, 9.17) is 5.11 Å². The topological polar surface area (TPSA) is 50.2 Å². The van der Waals surface area contributed by atoms with Gasteiger partial charge in [-0.1, -0.05) is 32.0 Å². The maximum atomic E-state index is 11.0. The number of aliphatic carboxylic acids is 1. The molecule has 2 atom stereocenters. The molecule has 1 aromatic heterocycles. The van der Waals surface area contributed by atoms with E-state index in [1.54, 1.807) is 19.3 Å². The zero-order valence-corrected chi connectivity index (χ0v) is 9.92. The molecule has 0 spiro atoms. The molecule has 0 saturated heterocycles. The van der Waals surface area contributed by atoms with Gasteiger partial charge in [-0.2, -0.15) is 0 Å². The molecule has 0 amide bonds. The third-order valence-electron chi connectivity index (χ3n) is 3.35. The molecule has 1 N–H and O–H groups in total. The molecule has 1 heterocycles. The number of carboxylic acid groups (broad SMARTS) is 1. The molecule has 88 valence electrons. The van der Waals surface area contributed by atoms with Gasteiger partial charge in [-0.3, -0.25) is 9.78 Å². The van der Waals surface area contributed by atoms with Crippen LogP contribution in [0.4, 0.5) is 0 Å². The smallest absolute Gasteiger partial charge is 0.306 e. The SMILES string of the molecule is CC(C(=O)O)C(C)c1cccc2ccncc12. The molecule has 2 rings (SSSR count). The van der Waals surface area contributed by atoms with Crippen LogP contribution in [0.25, 0.3) is 10.8 Å². The highest BCUT2D eigenvalue weighted by atomic mass is 16.4. The number of aromatic nitrogens is 1. The first-order chi connectivity index (χ1) is 8.11. The summed E-state index contributed by atoms with van der Waals surface area (Å²) in [7, 11) is 0. The lowest BCUT2D eigenvalue weighted by Crippen LogP contribution is -2.16. The molecule has 0 radical (unpaired) electrons. The van der Waals surface area contributed by atoms with Gasteiger partial charge < -0.3 is 5.11 Å². The van der Waals surface area contributed by atoms with Crippen LogP contribution in [0.5, 0.6) is 0 Å². The summed E-state index contributed by atoms with van der Waals surface area (Å²) >= 11 is 0. The first kappa shape index (κ1) is 11.6. The van der Waals surface area contributed by atoms with Crippen LogP contribution in [0, 0.1) is 5.92 Å². The molecule has 0 aliphatic carbocycles. The van der Waals surface area contributed by atoms with E-state index >= 15 is 0 Å². The molecule has 0 aliphatic heterocycles. The second-order valence-corrected chi connectivity index (χ2v) is 4.36. The van der Waals surface area contributed by atoms with Crippen LogP contribution in [0.2, 0.25) is 0 Å². The van der Waals surface area contributed by atoms with Crippen LogP contribution in [-0.4, -0.2) is 16.1 Å². The van der Waals surface area contributed by atoms with Gasteiger partial charge in [-0.15, -0.1) is 0 Å². The van der Waals surface area contributed by atoms with E-state index in [-0.39, 0.29) is 5.92 Å². The zero-order chi connectivity index (χ0) is 12.4. The minimum absolute atomic E-state index is 0.0274. The van der Waals surface area contributed by atoms with Crippen molar-refractivity contribution >= 4 is 16.7 Å². The summed E-state index contributed by atoms with van der Waals surface area (Å²) in [5.41, 5.74) is 1.05. The average molecular weight is 229 g/mol. The minimum Gasteiger partial charge on any atom is -0.481 e. The van der Waals surface area contributed by atoms with Crippen molar-refractivity contribution in [3.63, 3.8) is 0 Å². The van der Waals surface area contributed by atoms with Gasteiger partial charge in [-0.05, 0) is 22.9 Å². The fourth-order valence-electron chi connectivity index (χ4n) is 2.02. The van der Waals surface area contributed by atoms with Crippen LogP contribution in [0.15, 0.2) is 36.7 Å². The second kappa shape index (κ2) is 4.53. The predicted octanol–water partition coefficient (Wildman–Crippen LogP) is 3.06. The van der Waals surface area contributed by atoms with Gasteiger partial charge in [-0.25, -0.2) is 0 Å². The van der Waals surface area contributed by atoms with Crippen molar-refractivity contribution in [1.29, 1.82) is 0 Å². The highest BCUT2D eigenvalue weighted by Crippen LogP contribution is 2.30. The summed E-state index contributed by atoms with van der Waals surface area (Å²) in [5, 5.41) is 11.2. The van der Waals surface area contributed by atoms with E-state index in [0.29, 0.717) is 0 Å². The molecule has 2 unspecified atom stereocenters. The normalized spacial score (nSPS) is 14.5. The van der Waals surface area contributed by atoms with Gasteiger partial charge in [0.15, 0.2) is 0 Å². The van der Waals surface area contributed by atoms with Crippen LogP contribution in [0.3, 0.4) is 0 Å². The summed E-state index contributed by atoms with van der Waals surface area (Å²) in [5.74, 6) is -1.19. The molecule has 3 nitrogen and oxygen atoms in total. The Kier molecular flexibility index (Phi) is 3.09. The summed E-state index contributed by atoms with van der Waals surface area (Å²) in [4.78, 5) is 15.1. The highest BCUT2D eigenvalue weighted by Gasteiger charge is 2.22. The van der Waals surface area contributed by atoms with Gasteiger partial charge in [0.05, 0.1) is 5.92 Å². The third kappa shape index (κ3) is 2.13. The molecule has 0 bridgehead atoms. The number of hydrogen-bond donors (Lipinski definition) is 1. The van der Waals surface area contributed by atoms with Crippen LogP contribution < -0.4 is 0 Å². The Bertz CT molecular complexity index is 545. The van der Waals surface area contributed by atoms with Crippen molar-refractivity contribution in [3.05, 3.63) is 42.2 Å². The Labute approximate surface area is 100 Å². The van der Waals surface area contributed by atoms with Gasteiger partial charge in [0.2, 0.25) is 0 Å². The molecular weight excluding hydrogens is 214 g/mol. The minimum atomic E-state index is -0.765. The Morgan fingerprint density at radius 2 is 2.06 bits per heavy atom. The third-order valence-corrected chi connectivity index (χ3v) is 3.35. The molecule has 0 aliphatic rings. The number of pyridine rings is 1. The molecule has 0 fully saturated rings. The van der Waals surface area contributed by atoms with Gasteiger partial charge >= 0.3 is 5.97 Å². The maximum absolute atomic E-state index is 11.0. The van der Waals surface area contributed by atoms with E-state index in [1.165, 1.54) is 0 Å². The summed E-state index contributed by atoms with van der Waals surface area (Å²) in [6.07, 6.45) is 3.55. The standard InChI is InChI=1S/C14H15NO2/c1-9(10(2)14(16)17)12-5-3-4-11-6-7-15-8-13(11)12/h3-10H,1-2H3,(H,16,17). The number of carbonyl (C=O) groups is 1. The molecule has 17 heavy (non-hydrogen) atoms. The van der Waals surface area contributed by atoms with Crippen LogP contribution in [0.1, 0.15) is 25.3 Å². The summed E-state index contributed by atoms with van der Waals surface area (Å²) in [6.45, 7) is 3.68. The number of hydrogen-bond acceptors (Lipinski definition) is 2. The largest absolute Gasteiger partial charge is 0.481 e. The Morgan fingerprint density at radius 3 is 2.76 bits per heavy atom. The number of rotatable bonds is 3. The molecular formula is C14H15NO2. The highest BCUT2D eigenvalue weighted by molar-refractivity contribution is 5.86. The summed E-state index contributed by atoms with van der Waals surface area (Å²) in [6, 6.07) is 7.90. The molecule has 3 heteroatoms. The van der Waals surface area contributed by atoms with Crippen molar-refractivity contribution in [2.45, 2.75) is 19.8 Å². The van der Waals surface area contributed by atoms with Gasteiger partial charge in [0.25, 0.3) is 0 Å². The van der Waals surface area contributed by atoms with Crippen molar-refractivity contribution < 1.29 is 9.90 Å². The fourth-order valence-corrected chi connectivity index (χ4v) is 2.02.